The van der Waals surface area contributed by atoms with Gasteiger partial charge >= 0.3 is 5.69 Å². The minimum atomic E-state index is -0.876. The number of hydrogen-bond donors (Lipinski definition) is 1. The molecule has 1 saturated heterocycles. The Balaban J connectivity index is 1.40. The molecule has 0 radical (unpaired) electrons. The minimum Gasteiger partial charge on any atom is -0.353 e. The van der Waals surface area contributed by atoms with Crippen molar-refractivity contribution in [2.24, 2.45) is 5.73 Å². The van der Waals surface area contributed by atoms with Crippen LogP contribution in [0, 0.1) is 0 Å². The number of hydrogen-bond acceptors (Lipinski definition) is 6. The number of amides is 1. The van der Waals surface area contributed by atoms with Gasteiger partial charge in [0.25, 0.3) is 0 Å². The molecule has 1 aromatic carbocycles. The average molecular weight is 495 g/mol. The number of benzene rings is 1. The van der Waals surface area contributed by atoms with Crippen LogP contribution in [0.25, 0.3) is 5.69 Å². The van der Waals surface area contributed by atoms with E-state index in [1.165, 1.54) is 37.7 Å². The van der Waals surface area contributed by atoms with E-state index in [9.17, 15) is 9.59 Å². The summed E-state index contributed by atoms with van der Waals surface area (Å²) in [6.45, 7) is 11.4. The summed E-state index contributed by atoms with van der Waals surface area (Å²) >= 11 is 0. The number of aromatic nitrogens is 2. The number of anilines is 1. The van der Waals surface area contributed by atoms with E-state index in [4.69, 9.17) is 5.73 Å². The molecule has 196 valence electrons. The molecule has 1 amide bonds. The lowest BCUT2D eigenvalue weighted by Crippen LogP contribution is -2.57. The van der Waals surface area contributed by atoms with Crippen molar-refractivity contribution in [1.29, 1.82) is 0 Å². The van der Waals surface area contributed by atoms with Crippen LogP contribution in [0.1, 0.15) is 65.4 Å². The lowest BCUT2D eigenvalue weighted by molar-refractivity contribution is -0.136. The summed E-state index contributed by atoms with van der Waals surface area (Å²) in [5, 5.41) is 0. The first-order chi connectivity index (χ1) is 17.1. The summed E-state index contributed by atoms with van der Waals surface area (Å²) < 4.78 is 1.59. The molecule has 2 aromatic rings. The van der Waals surface area contributed by atoms with Crippen LogP contribution in [0.15, 0.2) is 41.3 Å². The topological polar surface area (TPSA) is 87.7 Å². The largest absolute Gasteiger partial charge is 0.354 e. The third-order valence-electron chi connectivity index (χ3n) is 7.52. The fraction of sp³-hybridized carbons (Fsp3) is 0.607. The molecule has 2 aliphatic rings. The zero-order valence-electron chi connectivity index (χ0n) is 22.3. The Morgan fingerprint density at radius 1 is 1.06 bits per heavy atom. The highest BCUT2D eigenvalue weighted by Crippen LogP contribution is 2.26. The highest BCUT2D eigenvalue weighted by molar-refractivity contribution is 5.85. The molecule has 0 unspecified atom stereocenters. The molecule has 0 bridgehead atoms. The molecule has 36 heavy (non-hydrogen) atoms. The molecule has 2 fully saturated rings. The molecule has 2 heterocycles. The van der Waals surface area contributed by atoms with Gasteiger partial charge < -0.3 is 15.5 Å². The first-order valence-corrected chi connectivity index (χ1v) is 13.4. The van der Waals surface area contributed by atoms with Gasteiger partial charge in [-0.25, -0.2) is 4.79 Å². The van der Waals surface area contributed by atoms with Gasteiger partial charge in [-0.3, -0.25) is 14.3 Å². The van der Waals surface area contributed by atoms with Crippen LogP contribution >= 0.6 is 0 Å². The summed E-state index contributed by atoms with van der Waals surface area (Å²) in [5.41, 5.74) is 6.87. The summed E-state index contributed by atoms with van der Waals surface area (Å²) in [6, 6.07) is 11.3. The van der Waals surface area contributed by atoms with Crippen LogP contribution in [0.2, 0.25) is 0 Å². The fourth-order valence-corrected chi connectivity index (χ4v) is 5.43. The van der Waals surface area contributed by atoms with Gasteiger partial charge in [-0.15, -0.1) is 0 Å². The van der Waals surface area contributed by atoms with Crippen molar-refractivity contribution in [1.82, 2.24) is 19.4 Å². The van der Waals surface area contributed by atoms with E-state index in [0.717, 1.165) is 12.2 Å². The molecule has 1 aromatic heterocycles. The SMILES string of the molecule is CC(C)N(Cc1ccc(-n2ccc(N3CCN(C(=O)C(C)(C)N)CC3)nc2=O)cc1)C1CCCCC1. The standard InChI is InChI=1S/C28H42N6O2/c1-21(2)34(23-8-6-5-7-9-23)20-22-10-12-24(13-11-22)33-15-14-25(30-27(33)36)31-16-18-32(19-17-31)26(35)28(3,4)29/h10-15,21,23H,5-9,16-20,29H2,1-4H3. The first-order valence-electron chi connectivity index (χ1n) is 13.4. The van der Waals surface area contributed by atoms with Gasteiger partial charge in [0.05, 0.1) is 11.2 Å². The Morgan fingerprint density at radius 2 is 1.69 bits per heavy atom. The molecule has 8 heteroatoms. The van der Waals surface area contributed by atoms with Crippen LogP contribution in [-0.2, 0) is 11.3 Å². The maximum absolute atomic E-state index is 12.9. The Kier molecular flexibility index (Phi) is 8.15. The fourth-order valence-electron chi connectivity index (χ4n) is 5.43. The van der Waals surface area contributed by atoms with E-state index in [0.29, 0.717) is 44.1 Å². The molecule has 1 aliphatic carbocycles. The van der Waals surface area contributed by atoms with Crippen LogP contribution < -0.4 is 16.3 Å². The van der Waals surface area contributed by atoms with E-state index in [1.807, 2.05) is 23.1 Å². The van der Waals surface area contributed by atoms with Crippen molar-refractivity contribution in [3.8, 4) is 5.69 Å². The van der Waals surface area contributed by atoms with Crippen molar-refractivity contribution < 1.29 is 4.79 Å². The van der Waals surface area contributed by atoms with E-state index in [2.05, 4.69) is 35.9 Å². The van der Waals surface area contributed by atoms with Gasteiger partial charge in [-0.05, 0) is 64.3 Å². The van der Waals surface area contributed by atoms with Crippen molar-refractivity contribution in [3.05, 3.63) is 52.6 Å². The van der Waals surface area contributed by atoms with Gasteiger partial charge in [0.2, 0.25) is 5.91 Å². The molecule has 0 spiro atoms. The second kappa shape index (κ2) is 11.1. The number of nitrogens with zero attached hydrogens (tertiary/aromatic N) is 5. The smallest absolute Gasteiger partial charge is 0.353 e. The maximum atomic E-state index is 12.9. The number of carbonyl (C=O) groups excluding carboxylic acids is 1. The zero-order chi connectivity index (χ0) is 25.9. The second-order valence-corrected chi connectivity index (χ2v) is 11.2. The number of nitrogens with two attached hydrogens (primary N) is 1. The lowest BCUT2D eigenvalue weighted by Gasteiger charge is -2.38. The summed E-state index contributed by atoms with van der Waals surface area (Å²) in [5.74, 6) is 0.594. The summed E-state index contributed by atoms with van der Waals surface area (Å²) in [6.07, 6.45) is 8.40. The zero-order valence-corrected chi connectivity index (χ0v) is 22.3. The Labute approximate surface area is 215 Å². The summed E-state index contributed by atoms with van der Waals surface area (Å²) in [7, 11) is 0. The van der Waals surface area contributed by atoms with E-state index >= 15 is 0 Å². The van der Waals surface area contributed by atoms with E-state index in [1.54, 1.807) is 29.5 Å². The quantitative estimate of drug-likeness (QED) is 0.636. The van der Waals surface area contributed by atoms with Gasteiger partial charge in [0, 0.05) is 51.0 Å². The molecule has 0 atom stereocenters. The third-order valence-corrected chi connectivity index (χ3v) is 7.52. The molecular formula is C28H42N6O2. The molecule has 4 rings (SSSR count). The van der Waals surface area contributed by atoms with Crippen LogP contribution in [0.3, 0.4) is 0 Å². The van der Waals surface area contributed by atoms with Crippen LogP contribution in [-0.4, -0.2) is 69.1 Å². The highest BCUT2D eigenvalue weighted by Gasteiger charge is 2.30. The third kappa shape index (κ3) is 6.16. The Bertz CT molecular complexity index is 1070. The Hall–Kier alpha value is -2.71. The van der Waals surface area contributed by atoms with Crippen LogP contribution in [0.5, 0.6) is 0 Å². The van der Waals surface area contributed by atoms with Gasteiger partial charge in [0.1, 0.15) is 5.82 Å². The van der Waals surface area contributed by atoms with Crippen molar-refractivity contribution in [3.63, 3.8) is 0 Å². The van der Waals surface area contributed by atoms with Gasteiger partial charge in [-0.1, -0.05) is 31.4 Å². The predicted octanol–water partition coefficient (Wildman–Crippen LogP) is 3.16. The summed E-state index contributed by atoms with van der Waals surface area (Å²) in [4.78, 5) is 36.1. The highest BCUT2D eigenvalue weighted by atomic mass is 16.2. The predicted molar refractivity (Wildman–Crippen MR) is 144 cm³/mol. The van der Waals surface area contributed by atoms with Crippen molar-refractivity contribution in [2.45, 2.75) is 84.0 Å². The van der Waals surface area contributed by atoms with Crippen molar-refractivity contribution in [2.75, 3.05) is 31.1 Å². The van der Waals surface area contributed by atoms with E-state index < -0.39 is 5.54 Å². The lowest BCUT2D eigenvalue weighted by atomic mass is 9.93. The number of carbonyl (C=O) groups is 1. The van der Waals surface area contributed by atoms with Crippen LogP contribution in [0.4, 0.5) is 5.82 Å². The van der Waals surface area contributed by atoms with Gasteiger partial charge in [-0.2, -0.15) is 4.98 Å². The minimum absolute atomic E-state index is 0.0516. The number of rotatable bonds is 7. The maximum Gasteiger partial charge on any atom is 0.354 e. The monoisotopic (exact) mass is 494 g/mol. The van der Waals surface area contributed by atoms with Gasteiger partial charge in [0.15, 0.2) is 0 Å². The molecule has 8 nitrogen and oxygen atoms in total. The first kappa shape index (κ1) is 26.4. The molecule has 1 saturated carbocycles. The van der Waals surface area contributed by atoms with Crippen molar-refractivity contribution >= 4 is 11.7 Å². The molecule has 1 aliphatic heterocycles. The van der Waals surface area contributed by atoms with E-state index in [-0.39, 0.29) is 11.6 Å². The normalized spacial score (nSPS) is 17.8. The number of piperazine rings is 1. The molecular weight excluding hydrogens is 452 g/mol. The average Bonchev–Trinajstić information content (AvgIpc) is 2.87. The second-order valence-electron chi connectivity index (χ2n) is 11.2. The molecule has 2 N–H and O–H groups in total. The Morgan fingerprint density at radius 3 is 2.25 bits per heavy atom.